The third-order valence-electron chi connectivity index (χ3n) is 23.9. The van der Waals surface area contributed by atoms with E-state index >= 15 is 0 Å². The van der Waals surface area contributed by atoms with Crippen molar-refractivity contribution in [3.8, 4) is 0 Å². The fraction of sp³-hybridized carbons (Fsp3) is 0.935. The minimum Gasteiger partial charge on any atom is -0.463 e. The molecule has 3 fully saturated rings. The number of aliphatic hydroxyl groups is 9. The molecular weight excluding hydrogens is 1550 g/mol. The zero-order chi connectivity index (χ0) is 86.9. The summed E-state index contributed by atoms with van der Waals surface area (Å²) in [6.07, 6.45) is 29.1. The van der Waals surface area contributed by atoms with Gasteiger partial charge >= 0.3 is 31.7 Å². The van der Waals surface area contributed by atoms with Crippen LogP contribution in [-0.4, -0.2) is 205 Å². The van der Waals surface area contributed by atoms with E-state index in [1.54, 1.807) is 0 Å². The second-order valence-electron chi connectivity index (χ2n) is 34.9. The second-order valence-corrected chi connectivity index (χ2v) is 36.3. The van der Waals surface area contributed by atoms with Gasteiger partial charge in [-0.1, -0.05) is 355 Å². The maximum Gasteiger partial charge on any atom is 0.472 e. The zero-order valence-corrected chi connectivity index (χ0v) is 75.7. The number of ether oxygens (including phenoxy) is 8. The highest BCUT2D eigenvalue weighted by Gasteiger charge is 2.60. The van der Waals surface area contributed by atoms with E-state index in [2.05, 4.69) is 46.8 Å². The third-order valence-corrected chi connectivity index (χ3v) is 24.9. The van der Waals surface area contributed by atoms with Crippen LogP contribution in [0, 0.1) is 5.92 Å². The fourth-order valence-corrected chi connectivity index (χ4v) is 17.1. The summed E-state index contributed by atoms with van der Waals surface area (Å²) in [4.78, 5) is 66.6. The summed E-state index contributed by atoms with van der Waals surface area (Å²) in [5, 5.41) is 102. The smallest absolute Gasteiger partial charge is 0.463 e. The molecule has 119 heavy (non-hydrogen) atoms. The van der Waals surface area contributed by atoms with E-state index in [1.165, 1.54) is 186 Å². The normalized spacial score (nSPS) is 25.1. The molecule has 0 aromatic heterocycles. The minimum atomic E-state index is -5.81. The van der Waals surface area contributed by atoms with Crippen LogP contribution in [0.1, 0.15) is 420 Å². The molecule has 2 aliphatic heterocycles. The topological polar surface area (TPSA) is 380 Å². The molecule has 0 spiro atoms. The third kappa shape index (κ3) is 51.6. The maximum absolute atomic E-state index is 14.9. The van der Waals surface area contributed by atoms with Gasteiger partial charge in [-0.25, -0.2) is 4.57 Å². The molecule has 2 saturated heterocycles. The first-order valence-electron chi connectivity index (χ1n) is 48.3. The predicted octanol–water partition coefficient (Wildman–Crippen LogP) is 18.2. The van der Waals surface area contributed by atoms with Crippen LogP contribution in [0.4, 0.5) is 0 Å². The van der Waals surface area contributed by atoms with Crippen molar-refractivity contribution in [1.82, 2.24) is 0 Å². The Morgan fingerprint density at radius 2 is 0.681 bits per heavy atom. The van der Waals surface area contributed by atoms with Crippen LogP contribution in [0.3, 0.4) is 0 Å². The van der Waals surface area contributed by atoms with E-state index < -0.39 is 162 Å². The Kier molecular flexibility index (Phi) is 66.1. The molecule has 1 aliphatic carbocycles. The summed E-state index contributed by atoms with van der Waals surface area (Å²) in [5.74, 6) is -2.28. The number of esters is 4. The fourth-order valence-electron chi connectivity index (χ4n) is 16.1. The molecule has 0 aromatic carbocycles. The molecule has 0 bridgehead atoms. The summed E-state index contributed by atoms with van der Waals surface area (Å²) in [6, 6.07) is 0. The van der Waals surface area contributed by atoms with Crippen molar-refractivity contribution in [2.24, 2.45) is 5.92 Å². The first-order valence-corrected chi connectivity index (χ1v) is 49.8. The van der Waals surface area contributed by atoms with E-state index in [0.29, 0.717) is 38.0 Å². The lowest BCUT2D eigenvalue weighted by molar-refractivity contribution is -0.360. The predicted molar refractivity (Wildman–Crippen MR) is 463 cm³/mol. The molecule has 26 heteroatoms. The zero-order valence-electron chi connectivity index (χ0n) is 74.8. The molecule has 19 unspecified atom stereocenters. The molecule has 10 N–H and O–H groups in total. The number of carbonyl (C=O) groups is 4. The lowest BCUT2D eigenvalue weighted by atomic mass is 9.84. The summed E-state index contributed by atoms with van der Waals surface area (Å²) in [6.45, 7) is 7.94. The number of hydrogen-bond acceptors (Lipinski definition) is 24. The molecule has 19 atom stereocenters. The summed E-state index contributed by atoms with van der Waals surface area (Å²) < 4.78 is 73.6. The van der Waals surface area contributed by atoms with Gasteiger partial charge in [-0.2, -0.15) is 0 Å². The summed E-state index contributed by atoms with van der Waals surface area (Å²) >= 11 is 0. The molecular formula is C93H173O25P. The number of carbonyl (C=O) groups excluding carboxylic acids is 4. The maximum atomic E-state index is 14.9. The van der Waals surface area contributed by atoms with Crippen LogP contribution in [0.15, 0.2) is 12.2 Å². The van der Waals surface area contributed by atoms with E-state index in [4.69, 9.17) is 46.9 Å². The van der Waals surface area contributed by atoms with Gasteiger partial charge in [0.1, 0.15) is 92.6 Å². The van der Waals surface area contributed by atoms with Crippen molar-refractivity contribution < 1.29 is 122 Å². The van der Waals surface area contributed by atoms with Crippen molar-refractivity contribution in [1.29, 1.82) is 0 Å². The van der Waals surface area contributed by atoms with Gasteiger partial charge in [0.2, 0.25) is 0 Å². The highest BCUT2D eigenvalue weighted by molar-refractivity contribution is 7.47. The number of phosphoric ester groups is 1. The average molecular weight is 1720 g/mol. The number of allylic oxidation sites excluding steroid dienone is 2. The Bertz CT molecular complexity index is 2530. The van der Waals surface area contributed by atoms with Gasteiger partial charge in [0.15, 0.2) is 24.8 Å². The summed E-state index contributed by atoms with van der Waals surface area (Å²) in [5.41, 5.74) is 0. The van der Waals surface area contributed by atoms with E-state index in [0.717, 1.165) is 141 Å². The molecule has 700 valence electrons. The van der Waals surface area contributed by atoms with Crippen LogP contribution in [0.25, 0.3) is 0 Å². The molecule has 25 nitrogen and oxygen atoms in total. The van der Waals surface area contributed by atoms with Crippen molar-refractivity contribution in [2.45, 2.75) is 524 Å². The molecule has 3 rings (SSSR count). The average Bonchev–Trinajstić information content (AvgIpc) is 0.752. The number of hydrogen-bond donors (Lipinski definition) is 10. The van der Waals surface area contributed by atoms with Gasteiger partial charge in [-0.15, -0.1) is 0 Å². The molecule has 0 amide bonds. The first kappa shape index (κ1) is 110. The number of unbranched alkanes of at least 4 members (excludes halogenated alkanes) is 48. The van der Waals surface area contributed by atoms with Gasteiger partial charge < -0.3 is 88.7 Å². The molecule has 0 aromatic rings. The van der Waals surface area contributed by atoms with Gasteiger partial charge in [-0.3, -0.25) is 28.2 Å². The lowest BCUT2D eigenvalue weighted by Crippen LogP contribution is -2.70. The standard InChI is InChI=1S/C93H173O25P/c1-6-10-14-18-22-25-28-31-33-35-37-40-43-46-53-59-65-77(96)110-71-75-81(100)83(102)87(106)93(114-75)117-90-88(115-79(98)67-61-54-47-44-41-38-34-32-29-26-23-19-15-11-7-2)84(103)85(104)89(116-92-86(105)82(101)80(99)74(68-94)113-92)91(90)118-119(107,108)111-70-73(69-109-76(95)64-58-52-45-42-39-36-30-27-24-20-16-12-8-3)112-78(97)66-60-55-49-48-51-57-63-72(5)62-56-50-21-17-13-9-4/h26,29,72-75,80-94,99-106H,6-25,27-28,30-71H2,1-5H3,(H,107,108)/b29-26-. The minimum absolute atomic E-state index is 0.0181. The van der Waals surface area contributed by atoms with Crippen LogP contribution in [-0.2, 0) is 70.7 Å². The molecule has 0 radical (unpaired) electrons. The van der Waals surface area contributed by atoms with E-state index in [9.17, 15) is 74.6 Å². The van der Waals surface area contributed by atoms with Crippen molar-refractivity contribution in [3.63, 3.8) is 0 Å². The van der Waals surface area contributed by atoms with E-state index in [1.807, 2.05) is 0 Å². The highest BCUT2D eigenvalue weighted by Crippen LogP contribution is 2.49. The molecule has 2 heterocycles. The van der Waals surface area contributed by atoms with Crippen LogP contribution in [0.2, 0.25) is 0 Å². The Balaban J connectivity index is 1.91. The second kappa shape index (κ2) is 71.3. The van der Waals surface area contributed by atoms with Crippen LogP contribution in [0.5, 0.6) is 0 Å². The van der Waals surface area contributed by atoms with Crippen molar-refractivity contribution in [2.75, 3.05) is 26.4 Å². The van der Waals surface area contributed by atoms with Gasteiger partial charge in [0.05, 0.1) is 13.2 Å². The number of aliphatic hydroxyl groups excluding tert-OH is 9. The van der Waals surface area contributed by atoms with Crippen molar-refractivity contribution >= 4 is 31.7 Å². The van der Waals surface area contributed by atoms with Gasteiger partial charge in [0, 0.05) is 25.7 Å². The Labute approximate surface area is 718 Å². The summed E-state index contributed by atoms with van der Waals surface area (Å²) in [7, 11) is -5.81. The highest BCUT2D eigenvalue weighted by atomic mass is 31.2. The molecule has 1 saturated carbocycles. The monoisotopic (exact) mass is 1720 g/mol. The van der Waals surface area contributed by atoms with Crippen LogP contribution < -0.4 is 0 Å². The number of rotatable bonds is 78. The SMILES string of the molecule is CCCCCC/C=C\CCCCCCCCCC(=O)OC1C(O)C(O)C(OC2OC(CO)C(O)C(O)C2O)C(OP(=O)(O)OCC(COC(=O)CCCCCCCCCCCCCCC)OC(=O)CCCCCCCCC(C)CCCCCCCC)C1OC1OC(COC(=O)CCCCCCCCCCCCCCCCCC)C(O)C(O)C1O. The van der Waals surface area contributed by atoms with Crippen molar-refractivity contribution in [3.05, 3.63) is 12.2 Å². The van der Waals surface area contributed by atoms with E-state index in [-0.39, 0.29) is 25.7 Å². The Morgan fingerprint density at radius 3 is 1.09 bits per heavy atom. The van der Waals surface area contributed by atoms with Gasteiger partial charge in [-0.05, 0) is 57.3 Å². The lowest BCUT2D eigenvalue weighted by Gasteiger charge is -2.50. The number of phosphoric acid groups is 1. The van der Waals surface area contributed by atoms with Crippen LogP contribution >= 0.6 is 7.82 Å². The Hall–Kier alpha value is -2.79. The van der Waals surface area contributed by atoms with Gasteiger partial charge in [0.25, 0.3) is 0 Å². The first-order chi connectivity index (χ1) is 57.6. The quantitative estimate of drug-likeness (QED) is 0.00889. The largest absolute Gasteiger partial charge is 0.472 e. The molecule has 3 aliphatic rings. The Morgan fingerprint density at radius 1 is 0.353 bits per heavy atom.